The summed E-state index contributed by atoms with van der Waals surface area (Å²) in [5, 5.41) is 36.0. The number of nitrogens with zero attached hydrogens (tertiary/aromatic N) is 2. The molecule has 0 aromatic carbocycles. The lowest BCUT2D eigenvalue weighted by Gasteiger charge is -2.60. The van der Waals surface area contributed by atoms with Crippen LogP contribution in [0.3, 0.4) is 0 Å². The fourth-order valence-corrected chi connectivity index (χ4v) is 19.8. The maximum absolute atomic E-state index is 14.8. The number of Topliss-reactive ketones (excluding diaryl/α,β-unsaturated/α-hetero) is 1. The van der Waals surface area contributed by atoms with Gasteiger partial charge in [-0.2, -0.15) is 0 Å². The molecule has 21 atom stereocenters. The van der Waals surface area contributed by atoms with Gasteiger partial charge >= 0.3 is 0 Å². The lowest BCUT2D eigenvalue weighted by Crippen LogP contribution is -2.58. The Morgan fingerprint density at radius 1 is 0.703 bits per heavy atom. The van der Waals surface area contributed by atoms with Crippen molar-refractivity contribution in [2.45, 2.75) is 205 Å². The molecule has 0 amide bonds. The van der Waals surface area contributed by atoms with Gasteiger partial charge in [-0.05, 0) is 151 Å². The van der Waals surface area contributed by atoms with Crippen LogP contribution in [0, 0.1) is 80.8 Å². The van der Waals surface area contributed by atoms with E-state index in [9.17, 15) is 20.1 Å². The van der Waals surface area contributed by atoms with Crippen molar-refractivity contribution in [2.24, 2.45) is 80.8 Å². The molecule has 4 aliphatic heterocycles. The van der Waals surface area contributed by atoms with Gasteiger partial charge in [-0.3, -0.25) is 14.8 Å². The molecule has 64 heavy (non-hydrogen) atoms. The van der Waals surface area contributed by atoms with Crippen LogP contribution in [0.5, 0.6) is 0 Å². The van der Waals surface area contributed by atoms with E-state index in [-0.39, 0.29) is 82.0 Å². The van der Waals surface area contributed by atoms with Crippen LogP contribution in [0.15, 0.2) is 11.6 Å². The van der Waals surface area contributed by atoms with E-state index >= 15 is 0 Å². The van der Waals surface area contributed by atoms with Gasteiger partial charge in [-0.15, -0.1) is 0 Å². The summed E-state index contributed by atoms with van der Waals surface area (Å²) in [5.41, 5.74) is 2.70. The number of ketones is 1. The molecule has 10 nitrogen and oxygen atoms in total. The number of carbonyl (C=O) groups is 1. The van der Waals surface area contributed by atoms with Crippen molar-refractivity contribution in [3.05, 3.63) is 34.4 Å². The third-order valence-corrected chi connectivity index (χ3v) is 23.3. The highest BCUT2D eigenvalue weighted by atomic mass is 16.7. The first-order valence-corrected chi connectivity index (χ1v) is 26.0. The first-order valence-electron chi connectivity index (χ1n) is 26.0. The highest BCUT2D eigenvalue weighted by Gasteiger charge is 2.79. The predicted molar refractivity (Wildman–Crippen MR) is 237 cm³/mol. The molecule has 0 radical (unpaired) electrons. The number of ether oxygens (including phenoxy) is 4. The molecule has 0 bridgehead atoms. The molecule has 1 aromatic heterocycles. The van der Waals surface area contributed by atoms with Gasteiger partial charge in [0.1, 0.15) is 5.78 Å². The van der Waals surface area contributed by atoms with E-state index in [4.69, 9.17) is 28.9 Å². The molecule has 13 rings (SSSR count). The van der Waals surface area contributed by atoms with Crippen LogP contribution in [-0.4, -0.2) is 84.4 Å². The Labute approximate surface area is 380 Å². The van der Waals surface area contributed by atoms with E-state index < -0.39 is 34.3 Å². The molecule has 3 N–H and O–H groups in total. The van der Waals surface area contributed by atoms with Crippen molar-refractivity contribution in [3.63, 3.8) is 0 Å². The second-order valence-electron chi connectivity index (χ2n) is 26.5. The highest BCUT2D eigenvalue weighted by molar-refractivity contribution is 5.90. The Bertz CT molecular complexity index is 2240. The minimum Gasteiger partial charge on any atom is -0.392 e. The van der Waals surface area contributed by atoms with Crippen molar-refractivity contribution in [1.82, 2.24) is 9.97 Å². The van der Waals surface area contributed by atoms with Crippen molar-refractivity contribution in [2.75, 3.05) is 6.61 Å². The van der Waals surface area contributed by atoms with Crippen molar-refractivity contribution < 1.29 is 39.1 Å². The molecular weight excluding hydrogens is 805 g/mol. The summed E-state index contributed by atoms with van der Waals surface area (Å²) in [6.45, 7) is 20.2. The van der Waals surface area contributed by atoms with E-state index in [1.54, 1.807) is 0 Å². The summed E-state index contributed by atoms with van der Waals surface area (Å²) in [5.74, 6) is 1.09. The van der Waals surface area contributed by atoms with Gasteiger partial charge < -0.3 is 34.3 Å². The Morgan fingerprint density at radius 3 is 1.97 bits per heavy atom. The van der Waals surface area contributed by atoms with Gasteiger partial charge in [-0.25, -0.2) is 0 Å². The second kappa shape index (κ2) is 12.7. The first kappa shape index (κ1) is 42.3. The number of hydrogen-bond donors (Lipinski definition) is 3. The summed E-state index contributed by atoms with van der Waals surface area (Å²) >= 11 is 0. The van der Waals surface area contributed by atoms with Gasteiger partial charge in [0.15, 0.2) is 11.6 Å². The van der Waals surface area contributed by atoms with Crippen LogP contribution < -0.4 is 0 Å². The van der Waals surface area contributed by atoms with E-state index in [1.807, 2.05) is 13.8 Å². The van der Waals surface area contributed by atoms with E-state index in [0.29, 0.717) is 49.4 Å². The first-order chi connectivity index (χ1) is 30.0. The monoisotopic (exact) mass is 881 g/mol. The van der Waals surface area contributed by atoms with Crippen LogP contribution in [0.2, 0.25) is 0 Å². The molecule has 5 heterocycles. The van der Waals surface area contributed by atoms with Crippen molar-refractivity contribution >= 4 is 5.78 Å². The zero-order valence-electron chi connectivity index (χ0n) is 40.2. The maximum Gasteiger partial charge on any atom is 0.172 e. The number of aliphatic hydroxyl groups excluding tert-OH is 1. The number of fused-ring (bicyclic) bond motifs is 14. The molecule has 9 fully saturated rings. The second-order valence-corrected chi connectivity index (χ2v) is 26.5. The molecule has 5 saturated carbocycles. The van der Waals surface area contributed by atoms with E-state index in [0.717, 1.165) is 76.3 Å². The van der Waals surface area contributed by atoms with Crippen LogP contribution in [0.1, 0.15) is 156 Å². The zero-order valence-corrected chi connectivity index (χ0v) is 40.2. The van der Waals surface area contributed by atoms with Crippen LogP contribution in [0.25, 0.3) is 0 Å². The fraction of sp³-hybridized carbons (Fsp3) is 0.870. The normalized spacial score (nSPS) is 58.3. The van der Waals surface area contributed by atoms with Gasteiger partial charge in [0.25, 0.3) is 0 Å². The number of rotatable bonds is 0. The molecule has 3 spiro atoms. The van der Waals surface area contributed by atoms with Crippen LogP contribution in [0.4, 0.5) is 0 Å². The zero-order chi connectivity index (χ0) is 44.7. The van der Waals surface area contributed by atoms with Gasteiger partial charge in [0, 0.05) is 48.3 Å². The average Bonchev–Trinajstić information content (AvgIpc) is 4.00. The number of hydrogen-bond acceptors (Lipinski definition) is 10. The Hall–Kier alpha value is -1.79. The summed E-state index contributed by atoms with van der Waals surface area (Å²) in [4.78, 5) is 26.0. The Morgan fingerprint density at radius 2 is 1.34 bits per heavy atom. The molecule has 1 unspecified atom stereocenters. The standard InChI is InChI=1S/C54H76N2O8/c1-27-44-40(62-53(27)17-15-47(5,59)26-61-53)20-34-31-12-10-29-18-36-38(23-48(29,6)33(31)21-42(57)50(34,44)8)55-37-19-30-11-13-32-35(49(30,7)24-39(37)56-36)22-43(58)52(32)25-41-45(51(52,9)60)28(2)54(63-41)16-14-46(3,4)64-54/h20,27-33,35,40-42,44-45,57,59-60H,10-19,21-26H2,1-9H3/t27-,28-,29-,30-,31+,32+,33-,35-,40+,41-,42+,44-,45-,47-,48-,49-,50?,51-,52-,53-,54+/m0/s1. The lowest BCUT2D eigenvalue weighted by atomic mass is 9.45. The Balaban J connectivity index is 0.758. The summed E-state index contributed by atoms with van der Waals surface area (Å²) in [6.07, 6.45) is 14.7. The van der Waals surface area contributed by atoms with Crippen LogP contribution >= 0.6 is 0 Å². The summed E-state index contributed by atoms with van der Waals surface area (Å²) in [6, 6.07) is 0. The van der Waals surface area contributed by atoms with Crippen molar-refractivity contribution in [1.29, 1.82) is 0 Å². The smallest absolute Gasteiger partial charge is 0.172 e. The molecule has 350 valence electrons. The van der Waals surface area contributed by atoms with Gasteiger partial charge in [0.2, 0.25) is 0 Å². The summed E-state index contributed by atoms with van der Waals surface area (Å²) in [7, 11) is 0. The molecular formula is C54H76N2O8. The van der Waals surface area contributed by atoms with Crippen LogP contribution in [-0.2, 0) is 49.4 Å². The Kier molecular flexibility index (Phi) is 8.40. The topological polar surface area (TPSA) is 140 Å². The van der Waals surface area contributed by atoms with E-state index in [2.05, 4.69) is 54.5 Å². The van der Waals surface area contributed by atoms with Gasteiger partial charge in [-0.1, -0.05) is 46.3 Å². The molecule has 4 saturated heterocycles. The summed E-state index contributed by atoms with van der Waals surface area (Å²) < 4.78 is 26.9. The minimum atomic E-state index is -1.16. The fourth-order valence-electron chi connectivity index (χ4n) is 19.8. The van der Waals surface area contributed by atoms with Gasteiger partial charge in [0.05, 0.1) is 69.9 Å². The largest absolute Gasteiger partial charge is 0.392 e. The molecule has 1 aromatic rings. The quantitative estimate of drug-likeness (QED) is 0.223. The highest BCUT2D eigenvalue weighted by Crippen LogP contribution is 2.74. The van der Waals surface area contributed by atoms with E-state index in [1.165, 1.54) is 22.7 Å². The molecule has 10 heteroatoms. The third-order valence-electron chi connectivity index (χ3n) is 23.3. The third kappa shape index (κ3) is 5.01. The minimum absolute atomic E-state index is 0.0132. The average molecular weight is 881 g/mol. The lowest BCUT2D eigenvalue weighted by molar-refractivity contribution is -0.287. The number of aliphatic hydroxyl groups is 3. The van der Waals surface area contributed by atoms with Crippen molar-refractivity contribution in [3.8, 4) is 0 Å². The molecule has 8 aliphatic carbocycles. The molecule has 12 aliphatic rings. The maximum atomic E-state index is 14.8. The SMILES string of the molecule is C[C@H]1[C@H]2[C@@H](C=C3[C@@H]4CC[C@H]5Cc6nc7c(nc6C[C@]5(C)[C@H]4C[C@@H](O)C32C)C[C@@H]2CC[C@@H]3[C@H](CC(=O)[C@]34C[C@@H]3O[C@@]5(CCC(C)(C)O5)[C@@H](C)[C@@H]3[C@]4(C)O)[C@@]2(C)C7)O[C@@]12CC[C@](C)(O)CO2. The number of carbonyl (C=O) groups excluding carboxylic acids is 1. The number of aromatic nitrogens is 2. The predicted octanol–water partition coefficient (Wildman–Crippen LogP) is 7.64.